The maximum atomic E-state index is 12.9. The number of carboxylic acid groups (broad SMARTS) is 1. The largest absolute Gasteiger partial charge is 0.545 e. The molecule has 0 aromatic rings. The number of aliphatic carboxylic acids is 1. The highest BCUT2D eigenvalue weighted by atomic mass is 16.7. The molecule has 0 fully saturated rings. The number of quaternary nitrogens is 1. The van der Waals surface area contributed by atoms with Gasteiger partial charge in [0.25, 0.3) is 0 Å². The van der Waals surface area contributed by atoms with Crippen molar-refractivity contribution in [3.05, 3.63) is 60.8 Å². The minimum Gasteiger partial charge on any atom is -0.545 e. The van der Waals surface area contributed by atoms with Gasteiger partial charge in [-0.25, -0.2) is 0 Å². The van der Waals surface area contributed by atoms with Crippen molar-refractivity contribution in [3.63, 3.8) is 0 Å². The Morgan fingerprint density at radius 1 is 0.403 bits per heavy atom. The van der Waals surface area contributed by atoms with Gasteiger partial charge in [-0.05, 0) is 77.0 Å². The van der Waals surface area contributed by atoms with Crippen LogP contribution in [0.4, 0.5) is 0 Å². The first-order valence-corrected chi connectivity index (χ1v) is 32.4. The number of carbonyl (C=O) groups excluding carboxylic acids is 3. The highest BCUT2D eigenvalue weighted by molar-refractivity contribution is 5.70. The van der Waals surface area contributed by atoms with Crippen LogP contribution in [0.1, 0.15) is 296 Å². The van der Waals surface area contributed by atoms with Crippen LogP contribution in [0.5, 0.6) is 0 Å². The lowest BCUT2D eigenvalue weighted by Crippen LogP contribution is -2.44. The van der Waals surface area contributed by atoms with Gasteiger partial charge in [0.15, 0.2) is 12.4 Å². The predicted molar refractivity (Wildman–Crippen MR) is 325 cm³/mol. The molecule has 0 radical (unpaired) electrons. The van der Waals surface area contributed by atoms with Crippen molar-refractivity contribution in [1.82, 2.24) is 0 Å². The number of hydrogen-bond donors (Lipinski definition) is 0. The fourth-order valence-electron chi connectivity index (χ4n) is 9.29. The van der Waals surface area contributed by atoms with E-state index in [1.807, 2.05) is 21.1 Å². The summed E-state index contributed by atoms with van der Waals surface area (Å²) in [5.74, 6) is -2.27. The Hall–Kier alpha value is -3.01. The second-order valence-electron chi connectivity index (χ2n) is 23.0. The summed E-state index contributed by atoms with van der Waals surface area (Å²) in [6, 6.07) is 0. The van der Waals surface area contributed by atoms with Gasteiger partial charge in [0.2, 0.25) is 0 Å². The molecule has 2 unspecified atom stereocenters. The lowest BCUT2D eigenvalue weighted by Gasteiger charge is -2.26. The van der Waals surface area contributed by atoms with Gasteiger partial charge in [0, 0.05) is 12.8 Å². The Bertz CT molecular complexity index is 1450. The summed E-state index contributed by atoms with van der Waals surface area (Å²) in [4.78, 5) is 37.4. The van der Waals surface area contributed by atoms with Crippen LogP contribution in [0.2, 0.25) is 0 Å². The van der Waals surface area contributed by atoms with E-state index in [-0.39, 0.29) is 32.2 Å². The van der Waals surface area contributed by atoms with Gasteiger partial charge >= 0.3 is 11.9 Å². The number of likely N-dealkylation sites (N-methyl/N-ethyl adjacent to an activating group) is 1. The Balaban J connectivity index is 4.15. The minimum absolute atomic E-state index is 0.147. The molecule has 0 N–H and O–H groups in total. The third kappa shape index (κ3) is 60.5. The van der Waals surface area contributed by atoms with Gasteiger partial charge in [0.05, 0.1) is 40.3 Å². The number of esters is 2. The summed E-state index contributed by atoms with van der Waals surface area (Å²) in [5.41, 5.74) is 0. The quantitative estimate of drug-likeness (QED) is 0.0195. The zero-order valence-corrected chi connectivity index (χ0v) is 51.1. The number of unbranched alkanes of at least 4 members (excludes halogenated alkanes) is 35. The summed E-state index contributed by atoms with van der Waals surface area (Å²) in [5, 5.41) is 11.8. The molecule has 0 saturated heterocycles. The van der Waals surface area contributed by atoms with E-state index in [1.165, 1.54) is 199 Å². The Morgan fingerprint density at radius 3 is 1.12 bits per heavy atom. The van der Waals surface area contributed by atoms with E-state index in [1.54, 1.807) is 0 Å². The molecule has 0 aliphatic rings. The normalized spacial score (nSPS) is 13.1. The second kappa shape index (κ2) is 59.1. The first-order valence-electron chi connectivity index (χ1n) is 32.4. The van der Waals surface area contributed by atoms with Crippen LogP contribution in [-0.4, -0.2) is 82.3 Å². The zero-order chi connectivity index (χ0) is 56.2. The lowest BCUT2D eigenvalue weighted by molar-refractivity contribution is -0.870. The minimum atomic E-state index is -1.62. The molecule has 0 heterocycles. The van der Waals surface area contributed by atoms with Gasteiger partial charge < -0.3 is 33.3 Å². The first-order chi connectivity index (χ1) is 37.6. The van der Waals surface area contributed by atoms with Crippen molar-refractivity contribution in [2.24, 2.45) is 0 Å². The molecule has 0 aromatic carbocycles. The number of allylic oxidation sites excluding steroid dienone is 10. The summed E-state index contributed by atoms with van der Waals surface area (Å²) in [7, 11) is 5.93. The van der Waals surface area contributed by atoms with Gasteiger partial charge in [0.1, 0.15) is 13.2 Å². The first kappa shape index (κ1) is 74.0. The average Bonchev–Trinajstić information content (AvgIpc) is 3.40. The van der Waals surface area contributed by atoms with Crippen LogP contribution in [0.15, 0.2) is 60.8 Å². The predicted octanol–water partition coefficient (Wildman–Crippen LogP) is 18.2. The number of rotatable bonds is 60. The van der Waals surface area contributed by atoms with Gasteiger partial charge in [-0.2, -0.15) is 0 Å². The summed E-state index contributed by atoms with van der Waals surface area (Å²) in [6.45, 7) is 4.67. The molecule has 0 aliphatic heterocycles. The molecule has 0 aliphatic carbocycles. The number of carboxylic acids is 1. The summed E-state index contributed by atoms with van der Waals surface area (Å²) in [6.07, 6.45) is 72.8. The molecule has 0 spiro atoms. The van der Waals surface area contributed by atoms with Crippen LogP contribution in [0.3, 0.4) is 0 Å². The molecule has 0 rings (SSSR count). The van der Waals surface area contributed by atoms with E-state index in [2.05, 4.69) is 74.6 Å². The highest BCUT2D eigenvalue weighted by Crippen LogP contribution is 2.17. The molecule has 9 heteroatoms. The van der Waals surface area contributed by atoms with Crippen molar-refractivity contribution >= 4 is 17.9 Å². The monoisotopic (exact) mass is 1080 g/mol. The number of hydrogen-bond acceptors (Lipinski definition) is 8. The van der Waals surface area contributed by atoms with Crippen LogP contribution in [0, 0.1) is 0 Å². The topological polar surface area (TPSA) is 111 Å². The zero-order valence-electron chi connectivity index (χ0n) is 51.1. The third-order valence-electron chi connectivity index (χ3n) is 14.2. The Morgan fingerprint density at radius 2 is 0.740 bits per heavy atom. The fourth-order valence-corrected chi connectivity index (χ4v) is 9.29. The van der Waals surface area contributed by atoms with Crippen LogP contribution in [-0.2, 0) is 33.3 Å². The molecule has 0 saturated carbocycles. The van der Waals surface area contributed by atoms with E-state index >= 15 is 0 Å². The molecule has 0 amide bonds. The second-order valence-corrected chi connectivity index (χ2v) is 23.0. The smallest absolute Gasteiger partial charge is 0.306 e. The van der Waals surface area contributed by atoms with Crippen LogP contribution in [0.25, 0.3) is 0 Å². The van der Waals surface area contributed by atoms with Crippen molar-refractivity contribution in [1.29, 1.82) is 0 Å². The van der Waals surface area contributed by atoms with E-state index in [0.717, 1.165) is 64.2 Å². The standard InChI is InChI=1S/C68H123NO8/c1-6-8-10-12-14-16-18-20-22-24-26-28-30-32-33-35-36-38-40-42-44-46-48-50-52-54-56-58-65(70)75-62-64(63-76-68(67(72)73)74-61-60-69(3,4)5)77-66(71)59-57-55-53-51-49-47-45-43-41-39-37-34-31-29-27-25-23-21-19-17-15-13-11-9-7-2/h9,11,15,17,21,23-24,26-27,29,64,68H,6-8,10,12-14,16,18-20,22,25,28,30-63H2,1-5H3/b11-9-,17-15-,23-21-,26-24-,29-27-. The molecule has 448 valence electrons. The maximum absolute atomic E-state index is 12.9. The number of ether oxygens (including phenoxy) is 4. The van der Waals surface area contributed by atoms with Crippen molar-refractivity contribution in [2.45, 2.75) is 309 Å². The van der Waals surface area contributed by atoms with Crippen LogP contribution >= 0.6 is 0 Å². The van der Waals surface area contributed by atoms with E-state index in [4.69, 9.17) is 18.9 Å². The Labute approximate surface area is 475 Å². The fraction of sp³-hybridized carbons (Fsp3) is 0.809. The molecule has 0 aromatic heterocycles. The number of carbonyl (C=O) groups is 3. The SMILES string of the molecule is CC/C=C\C/C=C\C/C=C\C/C=C\CCCCCCCCCCCCCCC(=O)OC(COC(=O)CCCCCCCCCCCCCCCCC/C=C\CCCCCCCCCC)COC(OCC[N+](C)(C)C)C(=O)[O-]. The number of nitrogens with zero attached hydrogens (tertiary/aromatic N) is 1. The van der Waals surface area contributed by atoms with E-state index < -0.39 is 24.3 Å². The molecular weight excluding hydrogens is 959 g/mol. The van der Waals surface area contributed by atoms with Crippen molar-refractivity contribution in [3.8, 4) is 0 Å². The molecular formula is C68H123NO8. The molecule has 0 bridgehead atoms. The summed E-state index contributed by atoms with van der Waals surface area (Å²) < 4.78 is 22.8. The van der Waals surface area contributed by atoms with Crippen LogP contribution < -0.4 is 5.11 Å². The van der Waals surface area contributed by atoms with E-state index in [0.29, 0.717) is 23.9 Å². The summed E-state index contributed by atoms with van der Waals surface area (Å²) >= 11 is 0. The van der Waals surface area contributed by atoms with Gasteiger partial charge in [-0.15, -0.1) is 0 Å². The molecule has 9 nitrogen and oxygen atoms in total. The maximum Gasteiger partial charge on any atom is 0.306 e. The average molecular weight is 1080 g/mol. The Kier molecular flexibility index (Phi) is 56.8. The third-order valence-corrected chi connectivity index (χ3v) is 14.2. The van der Waals surface area contributed by atoms with Gasteiger partial charge in [-0.1, -0.05) is 267 Å². The highest BCUT2D eigenvalue weighted by Gasteiger charge is 2.22. The molecule has 77 heavy (non-hydrogen) atoms. The lowest BCUT2D eigenvalue weighted by atomic mass is 10.0. The van der Waals surface area contributed by atoms with Crippen molar-refractivity contribution in [2.75, 3.05) is 47.5 Å². The van der Waals surface area contributed by atoms with E-state index in [9.17, 15) is 19.5 Å². The molecule has 2 atom stereocenters. The van der Waals surface area contributed by atoms with Crippen molar-refractivity contribution < 1.29 is 42.9 Å². The van der Waals surface area contributed by atoms with Gasteiger partial charge in [-0.3, -0.25) is 9.59 Å².